The maximum atomic E-state index is 13.6. The number of thioether (sulfide) groups is 1. The Hall–Kier alpha value is -2.18. The smallest absolute Gasteiger partial charge is 0.266 e. The molecule has 3 aromatic rings. The van der Waals surface area contributed by atoms with Gasteiger partial charge in [-0.25, -0.2) is 9.37 Å². The first-order valence-electron chi connectivity index (χ1n) is 8.71. The van der Waals surface area contributed by atoms with E-state index in [1.807, 2.05) is 6.07 Å². The van der Waals surface area contributed by atoms with E-state index in [1.165, 1.54) is 34.5 Å². The van der Waals surface area contributed by atoms with Crippen LogP contribution in [0.15, 0.2) is 52.4 Å². The van der Waals surface area contributed by atoms with Gasteiger partial charge in [0.2, 0.25) is 0 Å². The average molecular weight is 403 g/mol. The number of aromatic nitrogens is 2. The lowest BCUT2D eigenvalue weighted by molar-refractivity contribution is -0.119. The van der Waals surface area contributed by atoms with Crippen LogP contribution in [0.25, 0.3) is 16.6 Å². The van der Waals surface area contributed by atoms with Gasteiger partial charge < -0.3 is 0 Å². The molecule has 4 rings (SSSR count). The highest BCUT2D eigenvalue weighted by molar-refractivity contribution is 8.00. The van der Waals surface area contributed by atoms with Gasteiger partial charge in [0.25, 0.3) is 5.56 Å². The molecule has 4 nitrogen and oxygen atoms in total. The largest absolute Gasteiger partial charge is 0.298 e. The van der Waals surface area contributed by atoms with E-state index < -0.39 is 5.82 Å². The number of carbonyl (C=O) groups excluding carboxylic acids is 1. The maximum Gasteiger partial charge on any atom is 0.266 e. The Bertz CT molecular complexity index is 1100. The number of halogens is 2. The third-order valence-corrected chi connectivity index (χ3v) is 6.21. The number of benzene rings is 2. The van der Waals surface area contributed by atoms with Crippen molar-refractivity contribution >= 4 is 40.0 Å². The second-order valence-corrected chi connectivity index (χ2v) is 8.05. The summed E-state index contributed by atoms with van der Waals surface area (Å²) in [5.74, 6) is -0.378. The Kier molecular flexibility index (Phi) is 5.02. The Morgan fingerprint density at radius 1 is 1.15 bits per heavy atom. The molecule has 1 fully saturated rings. The fraction of sp³-hybridized carbons (Fsp3) is 0.250. The van der Waals surface area contributed by atoms with Crippen molar-refractivity contribution in [3.63, 3.8) is 0 Å². The third kappa shape index (κ3) is 3.51. The van der Waals surface area contributed by atoms with Gasteiger partial charge in [0.05, 0.1) is 26.9 Å². The van der Waals surface area contributed by atoms with Crippen molar-refractivity contribution in [2.45, 2.75) is 36.1 Å². The summed E-state index contributed by atoms with van der Waals surface area (Å²) in [6.45, 7) is 0. The predicted octanol–water partition coefficient (Wildman–Crippen LogP) is 4.78. The molecule has 1 atom stereocenters. The highest BCUT2D eigenvalue weighted by Crippen LogP contribution is 2.32. The molecule has 138 valence electrons. The number of hydrogen-bond donors (Lipinski definition) is 0. The van der Waals surface area contributed by atoms with Crippen LogP contribution in [0.3, 0.4) is 0 Å². The molecular formula is C20H16ClFN2O2S. The molecule has 27 heavy (non-hydrogen) atoms. The number of nitrogens with zero attached hydrogens (tertiary/aromatic N) is 2. The lowest BCUT2D eigenvalue weighted by atomic mass is 9.99. The van der Waals surface area contributed by atoms with Crippen molar-refractivity contribution in [3.8, 4) is 5.69 Å². The monoisotopic (exact) mass is 402 g/mol. The molecule has 0 aliphatic heterocycles. The topological polar surface area (TPSA) is 52.0 Å². The molecule has 1 heterocycles. The zero-order chi connectivity index (χ0) is 19.0. The standard InChI is InChI=1S/C20H16ClFN2O2S/c21-14-11-12(9-10-15(14)22)24-19(26)13-5-1-2-6-16(13)23-20(24)27-18-8-4-3-7-17(18)25/h1-2,5-6,9-11,18H,3-4,7-8H2. The number of fused-ring (bicyclic) bond motifs is 1. The molecule has 0 spiro atoms. The number of hydrogen-bond acceptors (Lipinski definition) is 4. The van der Waals surface area contributed by atoms with Crippen LogP contribution in [0.5, 0.6) is 0 Å². The number of Topliss-reactive ketones (excluding diaryl/α,β-unsaturated/α-hetero) is 1. The first-order chi connectivity index (χ1) is 13.0. The molecule has 0 saturated heterocycles. The van der Waals surface area contributed by atoms with Crippen LogP contribution in [-0.4, -0.2) is 20.6 Å². The molecule has 1 aliphatic rings. The molecule has 0 amide bonds. The van der Waals surface area contributed by atoms with Gasteiger partial charge in [0.1, 0.15) is 11.6 Å². The van der Waals surface area contributed by atoms with Gasteiger partial charge in [-0.1, -0.05) is 41.9 Å². The molecule has 0 bridgehead atoms. The van der Waals surface area contributed by atoms with Crippen LogP contribution in [0, 0.1) is 5.82 Å². The quantitative estimate of drug-likeness (QED) is 0.591. The van der Waals surface area contributed by atoms with Crippen LogP contribution in [0.2, 0.25) is 5.02 Å². The van der Waals surface area contributed by atoms with Gasteiger partial charge >= 0.3 is 0 Å². The minimum Gasteiger partial charge on any atom is -0.298 e. The summed E-state index contributed by atoms with van der Waals surface area (Å²) in [6.07, 6.45) is 3.19. The zero-order valence-electron chi connectivity index (χ0n) is 14.3. The minimum atomic E-state index is -0.557. The average Bonchev–Trinajstić information content (AvgIpc) is 2.66. The van der Waals surface area contributed by atoms with Crippen molar-refractivity contribution < 1.29 is 9.18 Å². The van der Waals surface area contributed by atoms with Crippen molar-refractivity contribution in [2.75, 3.05) is 0 Å². The van der Waals surface area contributed by atoms with E-state index in [2.05, 4.69) is 4.98 Å². The normalized spacial score (nSPS) is 17.4. The molecule has 1 unspecified atom stereocenters. The van der Waals surface area contributed by atoms with Gasteiger partial charge in [-0.15, -0.1) is 0 Å². The lowest BCUT2D eigenvalue weighted by Crippen LogP contribution is -2.26. The van der Waals surface area contributed by atoms with Crippen LogP contribution in [0.4, 0.5) is 4.39 Å². The number of rotatable bonds is 3. The van der Waals surface area contributed by atoms with E-state index in [0.29, 0.717) is 28.2 Å². The first-order valence-corrected chi connectivity index (χ1v) is 9.97. The van der Waals surface area contributed by atoms with Crippen LogP contribution in [0.1, 0.15) is 25.7 Å². The summed E-state index contributed by atoms with van der Waals surface area (Å²) in [4.78, 5) is 30.1. The highest BCUT2D eigenvalue weighted by atomic mass is 35.5. The molecule has 1 saturated carbocycles. The Labute approximate surface area is 164 Å². The Balaban J connectivity index is 1.91. The second kappa shape index (κ2) is 7.44. The third-order valence-electron chi connectivity index (χ3n) is 4.65. The van der Waals surface area contributed by atoms with Gasteiger partial charge in [0.15, 0.2) is 5.16 Å². The van der Waals surface area contributed by atoms with Crippen molar-refractivity contribution in [1.29, 1.82) is 0 Å². The van der Waals surface area contributed by atoms with Crippen molar-refractivity contribution in [2.24, 2.45) is 0 Å². The van der Waals surface area contributed by atoms with Crippen molar-refractivity contribution in [1.82, 2.24) is 9.55 Å². The fourth-order valence-corrected chi connectivity index (χ4v) is 4.65. The fourth-order valence-electron chi connectivity index (χ4n) is 3.25. The molecule has 2 aromatic carbocycles. The van der Waals surface area contributed by atoms with Crippen LogP contribution >= 0.6 is 23.4 Å². The zero-order valence-corrected chi connectivity index (χ0v) is 15.9. The Morgan fingerprint density at radius 3 is 2.74 bits per heavy atom. The molecular weight excluding hydrogens is 387 g/mol. The van der Waals surface area contributed by atoms with E-state index in [9.17, 15) is 14.0 Å². The van der Waals surface area contributed by atoms with Gasteiger partial charge in [0, 0.05) is 6.42 Å². The van der Waals surface area contributed by atoms with E-state index in [1.54, 1.807) is 18.2 Å². The number of carbonyl (C=O) groups is 1. The number of ketones is 1. The summed E-state index contributed by atoms with van der Waals surface area (Å²) < 4.78 is 15.0. The SMILES string of the molecule is O=C1CCCCC1Sc1nc2ccccc2c(=O)n1-c1ccc(F)c(Cl)c1. The molecule has 7 heteroatoms. The summed E-state index contributed by atoms with van der Waals surface area (Å²) >= 11 is 7.23. The summed E-state index contributed by atoms with van der Waals surface area (Å²) in [7, 11) is 0. The van der Waals surface area contributed by atoms with Crippen LogP contribution < -0.4 is 5.56 Å². The van der Waals surface area contributed by atoms with E-state index in [0.717, 1.165) is 19.3 Å². The minimum absolute atomic E-state index is 0.0720. The van der Waals surface area contributed by atoms with Gasteiger partial charge in [-0.2, -0.15) is 0 Å². The molecule has 1 aromatic heterocycles. The van der Waals surface area contributed by atoms with Crippen LogP contribution in [-0.2, 0) is 4.79 Å². The van der Waals surface area contributed by atoms with E-state index >= 15 is 0 Å². The van der Waals surface area contributed by atoms with Gasteiger partial charge in [-0.3, -0.25) is 14.2 Å². The second-order valence-electron chi connectivity index (χ2n) is 6.47. The summed E-state index contributed by atoms with van der Waals surface area (Å²) in [5, 5.41) is 0.574. The highest BCUT2D eigenvalue weighted by Gasteiger charge is 2.26. The molecule has 1 aliphatic carbocycles. The maximum absolute atomic E-state index is 13.6. The van der Waals surface area contributed by atoms with E-state index in [-0.39, 0.29) is 21.6 Å². The molecule has 0 radical (unpaired) electrons. The summed E-state index contributed by atoms with van der Waals surface area (Å²) in [5.41, 5.74) is 0.724. The number of para-hydroxylation sites is 1. The van der Waals surface area contributed by atoms with E-state index in [4.69, 9.17) is 11.6 Å². The predicted molar refractivity (Wildman–Crippen MR) is 105 cm³/mol. The van der Waals surface area contributed by atoms with Crippen molar-refractivity contribution in [3.05, 3.63) is 63.7 Å². The summed E-state index contributed by atoms with van der Waals surface area (Å²) in [6, 6.07) is 11.2. The Morgan fingerprint density at radius 2 is 1.96 bits per heavy atom. The van der Waals surface area contributed by atoms with Gasteiger partial charge in [-0.05, 0) is 43.2 Å². The first kappa shape index (κ1) is 18.2. The molecule has 0 N–H and O–H groups in total. The lowest BCUT2D eigenvalue weighted by Gasteiger charge is -2.21.